The van der Waals surface area contributed by atoms with Gasteiger partial charge < -0.3 is 4.74 Å². The number of amides is 2. The molecular formula is C16H13NO3S. The first-order valence-electron chi connectivity index (χ1n) is 6.39. The Kier molecular flexibility index (Phi) is 3.43. The van der Waals surface area contributed by atoms with Crippen molar-refractivity contribution >= 4 is 39.8 Å². The van der Waals surface area contributed by atoms with Crippen LogP contribution in [0.25, 0.3) is 16.8 Å². The molecule has 0 aromatic heterocycles. The molecule has 1 saturated heterocycles. The molecule has 106 valence electrons. The number of fused-ring (bicyclic) bond motifs is 1. The smallest absolute Gasteiger partial charge is 0.293 e. The van der Waals surface area contributed by atoms with Crippen molar-refractivity contribution in [2.75, 3.05) is 14.2 Å². The highest BCUT2D eigenvalue weighted by atomic mass is 32.2. The molecule has 2 aromatic carbocycles. The topological polar surface area (TPSA) is 46.6 Å². The van der Waals surface area contributed by atoms with E-state index in [1.807, 2.05) is 36.4 Å². The number of likely N-dealkylation sites (N-methyl/N-ethyl adjacent to an activating group) is 1. The fraction of sp³-hybridized carbons (Fsp3) is 0.125. The largest absolute Gasteiger partial charge is 0.496 e. The van der Waals surface area contributed by atoms with Crippen LogP contribution in [-0.2, 0) is 4.79 Å². The maximum atomic E-state index is 12.0. The number of nitrogens with zero attached hydrogens (tertiary/aromatic N) is 1. The average Bonchev–Trinajstić information content (AvgIpc) is 2.75. The summed E-state index contributed by atoms with van der Waals surface area (Å²) in [5, 5.41) is 1.72. The summed E-state index contributed by atoms with van der Waals surface area (Å²) in [7, 11) is 3.12. The molecule has 0 N–H and O–H groups in total. The van der Waals surface area contributed by atoms with Gasteiger partial charge in [-0.25, -0.2) is 0 Å². The number of benzene rings is 2. The molecule has 1 aliphatic rings. The molecule has 21 heavy (non-hydrogen) atoms. The lowest BCUT2D eigenvalue weighted by Gasteiger charge is -2.08. The highest BCUT2D eigenvalue weighted by molar-refractivity contribution is 8.18. The van der Waals surface area contributed by atoms with Crippen LogP contribution in [0.2, 0.25) is 0 Å². The van der Waals surface area contributed by atoms with Gasteiger partial charge in [0.15, 0.2) is 0 Å². The second-order valence-electron chi connectivity index (χ2n) is 4.64. The SMILES string of the molecule is COc1ccc(/C=C2\SC(=O)N(C)C2=O)c2ccccc12. The highest BCUT2D eigenvalue weighted by Gasteiger charge is 2.31. The zero-order chi connectivity index (χ0) is 15.0. The predicted octanol–water partition coefficient (Wildman–Crippen LogP) is 3.51. The lowest BCUT2D eigenvalue weighted by atomic mass is 10.0. The summed E-state index contributed by atoms with van der Waals surface area (Å²) in [5.74, 6) is 0.524. The molecule has 3 rings (SSSR count). The van der Waals surface area contributed by atoms with Gasteiger partial charge in [-0.3, -0.25) is 14.5 Å². The fourth-order valence-electron chi connectivity index (χ4n) is 2.29. The lowest BCUT2D eigenvalue weighted by molar-refractivity contribution is -0.121. The standard InChI is InChI=1S/C16H13NO3S/c1-17-15(18)14(21-16(17)19)9-10-7-8-13(20-2)12-6-4-3-5-11(10)12/h3-9H,1-2H3/b14-9-. The minimum Gasteiger partial charge on any atom is -0.496 e. The predicted molar refractivity (Wildman–Crippen MR) is 84.2 cm³/mol. The van der Waals surface area contributed by atoms with E-state index in [2.05, 4.69) is 0 Å². The van der Waals surface area contributed by atoms with Crippen molar-refractivity contribution in [1.82, 2.24) is 4.90 Å². The monoisotopic (exact) mass is 299 g/mol. The molecular weight excluding hydrogens is 286 g/mol. The van der Waals surface area contributed by atoms with Crippen molar-refractivity contribution < 1.29 is 14.3 Å². The number of carbonyl (C=O) groups excluding carboxylic acids is 2. The average molecular weight is 299 g/mol. The van der Waals surface area contributed by atoms with Gasteiger partial charge in [0.1, 0.15) is 5.75 Å². The summed E-state index contributed by atoms with van der Waals surface area (Å²) in [4.78, 5) is 25.1. The molecule has 0 saturated carbocycles. The number of methoxy groups -OCH3 is 1. The number of carbonyl (C=O) groups is 2. The third-order valence-electron chi connectivity index (χ3n) is 3.41. The van der Waals surface area contributed by atoms with Crippen molar-refractivity contribution in [3.8, 4) is 5.75 Å². The van der Waals surface area contributed by atoms with Gasteiger partial charge in [0.05, 0.1) is 12.0 Å². The molecule has 2 aromatic rings. The van der Waals surface area contributed by atoms with Gasteiger partial charge in [-0.05, 0) is 34.9 Å². The minimum atomic E-state index is -0.259. The Labute approximate surface area is 126 Å². The van der Waals surface area contributed by atoms with E-state index in [1.165, 1.54) is 7.05 Å². The Morgan fingerprint density at radius 3 is 2.43 bits per heavy atom. The Bertz CT molecular complexity index is 782. The van der Waals surface area contributed by atoms with Crippen LogP contribution in [0.1, 0.15) is 5.56 Å². The first kappa shape index (κ1) is 13.7. The van der Waals surface area contributed by atoms with Crippen LogP contribution in [0.3, 0.4) is 0 Å². The van der Waals surface area contributed by atoms with E-state index in [-0.39, 0.29) is 11.1 Å². The molecule has 0 unspecified atom stereocenters. The van der Waals surface area contributed by atoms with Gasteiger partial charge in [-0.2, -0.15) is 0 Å². The summed E-state index contributed by atoms with van der Waals surface area (Å²) >= 11 is 0.962. The van der Waals surface area contributed by atoms with E-state index < -0.39 is 0 Å². The molecule has 0 bridgehead atoms. The van der Waals surface area contributed by atoms with E-state index in [0.29, 0.717) is 4.91 Å². The van der Waals surface area contributed by atoms with Crippen LogP contribution in [0.15, 0.2) is 41.3 Å². The number of rotatable bonds is 2. The second-order valence-corrected chi connectivity index (χ2v) is 5.64. The van der Waals surface area contributed by atoms with E-state index in [9.17, 15) is 9.59 Å². The minimum absolute atomic E-state index is 0.246. The van der Waals surface area contributed by atoms with Crippen LogP contribution in [0, 0.1) is 0 Å². The summed E-state index contributed by atoms with van der Waals surface area (Å²) < 4.78 is 5.35. The van der Waals surface area contributed by atoms with Gasteiger partial charge in [-0.15, -0.1) is 0 Å². The van der Waals surface area contributed by atoms with Gasteiger partial charge in [0, 0.05) is 12.4 Å². The lowest BCUT2D eigenvalue weighted by Crippen LogP contribution is -2.22. The number of hydrogen-bond acceptors (Lipinski definition) is 4. The van der Waals surface area contributed by atoms with E-state index in [4.69, 9.17) is 4.74 Å². The zero-order valence-electron chi connectivity index (χ0n) is 11.6. The first-order valence-corrected chi connectivity index (χ1v) is 7.21. The van der Waals surface area contributed by atoms with Gasteiger partial charge in [-0.1, -0.05) is 30.3 Å². The van der Waals surface area contributed by atoms with Crippen molar-refractivity contribution in [3.05, 3.63) is 46.9 Å². The van der Waals surface area contributed by atoms with Gasteiger partial charge in [0.25, 0.3) is 11.1 Å². The van der Waals surface area contributed by atoms with Crippen LogP contribution in [-0.4, -0.2) is 30.2 Å². The number of hydrogen-bond donors (Lipinski definition) is 0. The quantitative estimate of drug-likeness (QED) is 0.796. The molecule has 0 spiro atoms. The molecule has 0 aliphatic carbocycles. The molecule has 1 aliphatic heterocycles. The van der Waals surface area contributed by atoms with E-state index in [0.717, 1.165) is 38.7 Å². The molecule has 4 nitrogen and oxygen atoms in total. The fourth-order valence-corrected chi connectivity index (χ4v) is 3.10. The molecule has 2 amide bonds. The first-order chi connectivity index (χ1) is 10.1. The van der Waals surface area contributed by atoms with Crippen molar-refractivity contribution in [3.63, 3.8) is 0 Å². The summed E-state index contributed by atoms with van der Waals surface area (Å²) in [6, 6.07) is 11.6. The Morgan fingerprint density at radius 1 is 1.10 bits per heavy atom. The van der Waals surface area contributed by atoms with Crippen LogP contribution < -0.4 is 4.74 Å². The van der Waals surface area contributed by atoms with Crippen molar-refractivity contribution in [1.29, 1.82) is 0 Å². The van der Waals surface area contributed by atoms with Crippen molar-refractivity contribution in [2.45, 2.75) is 0 Å². The Balaban J connectivity index is 2.14. The summed E-state index contributed by atoms with van der Waals surface area (Å²) in [6.07, 6.45) is 1.76. The second kappa shape index (κ2) is 5.26. The van der Waals surface area contributed by atoms with Gasteiger partial charge in [0.2, 0.25) is 0 Å². The van der Waals surface area contributed by atoms with Crippen LogP contribution in [0.5, 0.6) is 5.75 Å². The number of thioether (sulfide) groups is 1. The third kappa shape index (κ3) is 2.29. The Morgan fingerprint density at radius 2 is 1.81 bits per heavy atom. The maximum absolute atomic E-state index is 12.0. The molecule has 0 atom stereocenters. The van der Waals surface area contributed by atoms with Crippen LogP contribution in [0.4, 0.5) is 4.79 Å². The normalized spacial score (nSPS) is 17.0. The molecule has 5 heteroatoms. The maximum Gasteiger partial charge on any atom is 0.293 e. The van der Waals surface area contributed by atoms with E-state index in [1.54, 1.807) is 13.2 Å². The molecule has 0 radical (unpaired) electrons. The van der Waals surface area contributed by atoms with Crippen LogP contribution >= 0.6 is 11.8 Å². The van der Waals surface area contributed by atoms with Crippen molar-refractivity contribution in [2.24, 2.45) is 0 Å². The summed E-state index contributed by atoms with van der Waals surface area (Å²) in [6.45, 7) is 0. The van der Waals surface area contributed by atoms with E-state index >= 15 is 0 Å². The number of imide groups is 1. The molecule has 1 fully saturated rings. The van der Waals surface area contributed by atoms with Gasteiger partial charge >= 0.3 is 0 Å². The summed E-state index contributed by atoms with van der Waals surface area (Å²) in [5.41, 5.74) is 0.894. The molecule has 1 heterocycles. The highest BCUT2D eigenvalue weighted by Crippen LogP contribution is 2.34. The third-order valence-corrected chi connectivity index (χ3v) is 4.37. The zero-order valence-corrected chi connectivity index (χ0v) is 12.4. The Hall–Kier alpha value is -2.27. The number of ether oxygens (including phenoxy) is 1.